The Morgan fingerprint density at radius 2 is 1.82 bits per heavy atom. The number of nitro benzene ring substituents is 1. The van der Waals surface area contributed by atoms with E-state index in [0.29, 0.717) is 12.4 Å². The van der Waals surface area contributed by atoms with Crippen LogP contribution in [0.15, 0.2) is 24.3 Å². The van der Waals surface area contributed by atoms with Crippen molar-refractivity contribution in [3.63, 3.8) is 0 Å². The Kier molecular flexibility index (Phi) is 7.34. The number of nitrogens with one attached hydrogen (secondary N) is 2. The monoisotopic (exact) mass is 311 g/mol. The highest BCUT2D eigenvalue weighted by atomic mass is 16.6. The lowest BCUT2D eigenvalue weighted by Gasteiger charge is -2.08. The van der Waals surface area contributed by atoms with Crippen LogP contribution in [0.5, 0.6) is 5.75 Å². The number of hydrazine groups is 1. The second kappa shape index (κ2) is 9.29. The summed E-state index contributed by atoms with van der Waals surface area (Å²) in [6, 6.07) is 5.30. The second-order valence-electron chi connectivity index (χ2n) is 4.08. The summed E-state index contributed by atoms with van der Waals surface area (Å²) >= 11 is 0. The van der Waals surface area contributed by atoms with Crippen LogP contribution in [0.25, 0.3) is 0 Å². The van der Waals surface area contributed by atoms with Gasteiger partial charge in [-0.25, -0.2) is 0 Å². The van der Waals surface area contributed by atoms with Gasteiger partial charge in [-0.15, -0.1) is 0 Å². The number of nitrogens with zero attached hydrogens (tertiary/aromatic N) is 1. The molecule has 0 unspecified atom stereocenters. The molecule has 0 aliphatic heterocycles. The Morgan fingerprint density at radius 3 is 2.41 bits per heavy atom. The summed E-state index contributed by atoms with van der Waals surface area (Å²) in [6.45, 7) is 2.28. The smallest absolute Gasteiger partial charge is 0.276 e. The van der Waals surface area contributed by atoms with Crippen molar-refractivity contribution in [3.8, 4) is 5.75 Å². The molecule has 2 amide bonds. The third kappa shape index (κ3) is 6.66. The maximum absolute atomic E-state index is 11.4. The highest BCUT2D eigenvalue weighted by Gasteiger charge is 2.07. The Hall–Kier alpha value is -2.68. The molecule has 0 heterocycles. The summed E-state index contributed by atoms with van der Waals surface area (Å²) in [7, 11) is 0. The van der Waals surface area contributed by atoms with Crippen molar-refractivity contribution >= 4 is 17.5 Å². The first-order valence-electron chi connectivity index (χ1n) is 6.55. The molecule has 2 N–H and O–H groups in total. The number of carbonyl (C=O) groups excluding carboxylic acids is 2. The average Bonchev–Trinajstić information content (AvgIpc) is 2.51. The number of hydrogen-bond donors (Lipinski definition) is 2. The lowest BCUT2D eigenvalue weighted by atomic mass is 10.3. The Bertz CT molecular complexity index is 517. The zero-order chi connectivity index (χ0) is 16.4. The van der Waals surface area contributed by atoms with Crippen molar-refractivity contribution in [1.29, 1.82) is 0 Å². The molecule has 0 saturated heterocycles. The molecule has 120 valence electrons. The van der Waals surface area contributed by atoms with E-state index >= 15 is 0 Å². The molecular weight excluding hydrogens is 294 g/mol. The fourth-order valence-corrected chi connectivity index (χ4v) is 1.36. The second-order valence-corrected chi connectivity index (χ2v) is 4.08. The van der Waals surface area contributed by atoms with Crippen LogP contribution < -0.4 is 15.6 Å². The SMILES string of the molecule is CCOCCC(=O)NNC(=O)COc1ccc([N+](=O)[O-])cc1. The van der Waals surface area contributed by atoms with Gasteiger partial charge in [0.15, 0.2) is 6.61 Å². The van der Waals surface area contributed by atoms with E-state index in [0.717, 1.165) is 0 Å². The number of amides is 2. The van der Waals surface area contributed by atoms with E-state index in [1.165, 1.54) is 24.3 Å². The zero-order valence-electron chi connectivity index (χ0n) is 12.0. The van der Waals surface area contributed by atoms with Crippen molar-refractivity contribution in [2.45, 2.75) is 13.3 Å². The lowest BCUT2D eigenvalue weighted by Crippen LogP contribution is -2.44. The molecule has 0 aliphatic carbocycles. The molecule has 0 bridgehead atoms. The molecule has 9 heteroatoms. The quantitative estimate of drug-likeness (QED) is 0.411. The first-order valence-corrected chi connectivity index (χ1v) is 6.55. The number of benzene rings is 1. The van der Waals surface area contributed by atoms with Crippen molar-refractivity contribution in [1.82, 2.24) is 10.9 Å². The van der Waals surface area contributed by atoms with Crippen molar-refractivity contribution < 1.29 is 24.0 Å². The van der Waals surface area contributed by atoms with Crippen LogP contribution in [0.1, 0.15) is 13.3 Å². The molecule has 0 saturated carbocycles. The third-order valence-electron chi connectivity index (χ3n) is 2.44. The Labute approximate surface area is 126 Å². The van der Waals surface area contributed by atoms with Crippen LogP contribution in [0, 0.1) is 10.1 Å². The number of carbonyl (C=O) groups is 2. The van der Waals surface area contributed by atoms with Gasteiger partial charge in [-0.1, -0.05) is 0 Å². The molecule has 22 heavy (non-hydrogen) atoms. The molecule has 0 fully saturated rings. The first-order chi connectivity index (χ1) is 10.5. The molecule has 0 spiro atoms. The van der Waals surface area contributed by atoms with Gasteiger partial charge < -0.3 is 9.47 Å². The minimum Gasteiger partial charge on any atom is -0.484 e. The van der Waals surface area contributed by atoms with Gasteiger partial charge in [0.2, 0.25) is 5.91 Å². The predicted octanol–water partition coefficient (Wildman–Crippen LogP) is 0.548. The van der Waals surface area contributed by atoms with Crippen LogP contribution in [0.4, 0.5) is 5.69 Å². The van der Waals surface area contributed by atoms with Gasteiger partial charge in [-0.3, -0.25) is 30.6 Å². The van der Waals surface area contributed by atoms with Crippen molar-refractivity contribution in [3.05, 3.63) is 34.4 Å². The number of ether oxygens (including phenoxy) is 2. The van der Waals surface area contributed by atoms with Crippen LogP contribution in [-0.4, -0.2) is 36.6 Å². The van der Waals surface area contributed by atoms with Crippen LogP contribution >= 0.6 is 0 Å². The largest absolute Gasteiger partial charge is 0.484 e. The molecule has 1 rings (SSSR count). The van der Waals surface area contributed by atoms with E-state index in [4.69, 9.17) is 9.47 Å². The van der Waals surface area contributed by atoms with Crippen LogP contribution in [0.3, 0.4) is 0 Å². The van der Waals surface area contributed by atoms with Gasteiger partial charge in [0.05, 0.1) is 18.0 Å². The fourth-order valence-electron chi connectivity index (χ4n) is 1.36. The third-order valence-corrected chi connectivity index (χ3v) is 2.44. The van der Waals surface area contributed by atoms with Gasteiger partial charge in [0.25, 0.3) is 11.6 Å². The Balaban J connectivity index is 2.25. The van der Waals surface area contributed by atoms with Crippen LogP contribution in [-0.2, 0) is 14.3 Å². The van der Waals surface area contributed by atoms with Gasteiger partial charge in [0, 0.05) is 18.7 Å². The lowest BCUT2D eigenvalue weighted by molar-refractivity contribution is -0.384. The Morgan fingerprint density at radius 1 is 1.18 bits per heavy atom. The maximum Gasteiger partial charge on any atom is 0.276 e. The van der Waals surface area contributed by atoms with Crippen molar-refractivity contribution in [2.75, 3.05) is 19.8 Å². The van der Waals surface area contributed by atoms with Gasteiger partial charge in [-0.2, -0.15) is 0 Å². The predicted molar refractivity (Wildman–Crippen MR) is 76.0 cm³/mol. The van der Waals surface area contributed by atoms with Crippen LogP contribution in [0.2, 0.25) is 0 Å². The summed E-state index contributed by atoms with van der Waals surface area (Å²) in [5.41, 5.74) is 4.32. The summed E-state index contributed by atoms with van der Waals surface area (Å²) in [6.07, 6.45) is 0.136. The summed E-state index contributed by atoms with van der Waals surface area (Å²) in [5.74, 6) is -0.622. The number of nitro groups is 1. The normalized spacial score (nSPS) is 9.86. The molecule has 0 aliphatic rings. The fraction of sp³-hybridized carbons (Fsp3) is 0.385. The summed E-state index contributed by atoms with van der Waals surface area (Å²) < 4.78 is 10.1. The summed E-state index contributed by atoms with van der Waals surface area (Å²) in [4.78, 5) is 32.7. The molecular formula is C13H17N3O6. The number of non-ortho nitro benzene ring substituents is 1. The average molecular weight is 311 g/mol. The highest BCUT2D eigenvalue weighted by molar-refractivity contribution is 5.82. The van der Waals surface area contributed by atoms with Gasteiger partial charge in [-0.05, 0) is 19.1 Å². The summed E-state index contributed by atoms with van der Waals surface area (Å²) in [5, 5.41) is 10.5. The molecule has 1 aromatic carbocycles. The minimum absolute atomic E-state index is 0.0710. The van der Waals surface area contributed by atoms with Gasteiger partial charge >= 0.3 is 0 Å². The van der Waals surface area contributed by atoms with E-state index in [1.807, 2.05) is 6.92 Å². The topological polar surface area (TPSA) is 120 Å². The van der Waals surface area contributed by atoms with E-state index in [2.05, 4.69) is 10.9 Å². The molecule has 1 aromatic rings. The van der Waals surface area contributed by atoms with E-state index < -0.39 is 10.8 Å². The van der Waals surface area contributed by atoms with E-state index in [-0.39, 0.29) is 31.2 Å². The van der Waals surface area contributed by atoms with Gasteiger partial charge in [0.1, 0.15) is 5.75 Å². The van der Waals surface area contributed by atoms with E-state index in [9.17, 15) is 19.7 Å². The minimum atomic E-state index is -0.553. The number of rotatable bonds is 8. The maximum atomic E-state index is 11.4. The van der Waals surface area contributed by atoms with Crippen molar-refractivity contribution in [2.24, 2.45) is 0 Å². The standard InChI is InChI=1S/C13H17N3O6/c1-2-21-8-7-12(17)14-15-13(18)9-22-11-5-3-10(4-6-11)16(19)20/h3-6H,2,7-9H2,1H3,(H,14,17)(H,15,18). The molecule has 0 atom stereocenters. The molecule has 0 radical (unpaired) electrons. The molecule has 9 nitrogen and oxygen atoms in total. The zero-order valence-corrected chi connectivity index (χ0v) is 12.0. The highest BCUT2D eigenvalue weighted by Crippen LogP contribution is 2.16. The first kappa shape index (κ1) is 17.4. The van der Waals surface area contributed by atoms with E-state index in [1.54, 1.807) is 0 Å². The molecule has 0 aromatic heterocycles. The number of hydrogen-bond acceptors (Lipinski definition) is 6.